The quantitative estimate of drug-likeness (QED) is 0.466. The molecule has 0 bridgehead atoms. The van der Waals surface area contributed by atoms with Crippen LogP contribution in [0.1, 0.15) is 46.0 Å². The molecular formula is C11H21NO2. The summed E-state index contributed by atoms with van der Waals surface area (Å²) < 4.78 is 0. The fourth-order valence-electron chi connectivity index (χ4n) is 1.24. The second-order valence-corrected chi connectivity index (χ2v) is 3.59. The Kier molecular flexibility index (Phi) is 7.99. The summed E-state index contributed by atoms with van der Waals surface area (Å²) in [6, 6.07) is 0.363. The van der Waals surface area contributed by atoms with E-state index < -0.39 is 5.97 Å². The van der Waals surface area contributed by atoms with Gasteiger partial charge in [-0.2, -0.15) is 0 Å². The topological polar surface area (TPSA) is 49.3 Å². The van der Waals surface area contributed by atoms with Gasteiger partial charge in [0.1, 0.15) is 0 Å². The molecule has 0 aliphatic rings. The van der Waals surface area contributed by atoms with Crippen molar-refractivity contribution in [3.05, 3.63) is 12.3 Å². The minimum absolute atomic E-state index is 0.363. The van der Waals surface area contributed by atoms with Crippen molar-refractivity contribution in [2.24, 2.45) is 0 Å². The first kappa shape index (κ1) is 13.0. The van der Waals surface area contributed by atoms with Crippen molar-refractivity contribution in [3.8, 4) is 0 Å². The fourth-order valence-corrected chi connectivity index (χ4v) is 1.24. The van der Waals surface area contributed by atoms with Crippen LogP contribution in [-0.4, -0.2) is 17.1 Å². The SMILES string of the molecule is CCCCCCC(C)N/C=C/C(=O)O. The molecule has 0 amide bonds. The maximum atomic E-state index is 10.2. The number of carboxylic acid groups (broad SMARTS) is 1. The normalized spacial score (nSPS) is 13.0. The molecule has 1 unspecified atom stereocenters. The van der Waals surface area contributed by atoms with Gasteiger partial charge in [0.25, 0.3) is 0 Å². The van der Waals surface area contributed by atoms with Crippen LogP contribution in [-0.2, 0) is 4.79 Å². The molecule has 14 heavy (non-hydrogen) atoms. The molecule has 0 rings (SSSR count). The highest BCUT2D eigenvalue weighted by molar-refractivity contribution is 5.79. The number of unbranched alkanes of at least 4 members (excludes halogenated alkanes) is 3. The second-order valence-electron chi connectivity index (χ2n) is 3.59. The van der Waals surface area contributed by atoms with E-state index in [9.17, 15) is 4.79 Å². The van der Waals surface area contributed by atoms with Crippen molar-refractivity contribution < 1.29 is 9.90 Å². The predicted molar refractivity (Wildman–Crippen MR) is 58.1 cm³/mol. The molecular weight excluding hydrogens is 178 g/mol. The molecule has 82 valence electrons. The van der Waals surface area contributed by atoms with Gasteiger partial charge in [-0.3, -0.25) is 0 Å². The highest BCUT2D eigenvalue weighted by Gasteiger charge is 1.97. The van der Waals surface area contributed by atoms with Crippen LogP contribution < -0.4 is 5.32 Å². The van der Waals surface area contributed by atoms with Crippen LogP contribution in [0.2, 0.25) is 0 Å². The maximum absolute atomic E-state index is 10.2. The summed E-state index contributed by atoms with van der Waals surface area (Å²) in [5.74, 6) is -0.907. The van der Waals surface area contributed by atoms with Crippen molar-refractivity contribution >= 4 is 5.97 Å². The minimum Gasteiger partial charge on any atom is -0.478 e. The molecule has 3 nitrogen and oxygen atoms in total. The van der Waals surface area contributed by atoms with Gasteiger partial charge in [0.2, 0.25) is 0 Å². The molecule has 0 fully saturated rings. The summed E-state index contributed by atoms with van der Waals surface area (Å²) in [7, 11) is 0. The lowest BCUT2D eigenvalue weighted by molar-refractivity contribution is -0.131. The van der Waals surface area contributed by atoms with Crippen LogP contribution in [0.4, 0.5) is 0 Å². The Morgan fingerprint density at radius 1 is 1.43 bits per heavy atom. The van der Waals surface area contributed by atoms with Crippen LogP contribution in [0.3, 0.4) is 0 Å². The zero-order valence-electron chi connectivity index (χ0n) is 9.12. The van der Waals surface area contributed by atoms with Crippen LogP contribution in [0.5, 0.6) is 0 Å². The first-order chi connectivity index (χ1) is 6.66. The molecule has 2 N–H and O–H groups in total. The zero-order chi connectivity index (χ0) is 10.8. The van der Waals surface area contributed by atoms with Crippen molar-refractivity contribution in [1.29, 1.82) is 0 Å². The van der Waals surface area contributed by atoms with E-state index in [1.54, 1.807) is 0 Å². The number of nitrogens with one attached hydrogen (secondary N) is 1. The molecule has 0 saturated heterocycles. The second kappa shape index (κ2) is 8.60. The third kappa shape index (κ3) is 9.10. The highest BCUT2D eigenvalue weighted by Crippen LogP contribution is 2.04. The largest absolute Gasteiger partial charge is 0.478 e. The molecule has 0 aromatic carbocycles. The van der Waals surface area contributed by atoms with Crippen molar-refractivity contribution in [2.45, 2.75) is 52.0 Å². The molecule has 0 aromatic rings. The number of hydrogen-bond donors (Lipinski definition) is 2. The average molecular weight is 199 g/mol. The molecule has 0 aliphatic heterocycles. The first-order valence-corrected chi connectivity index (χ1v) is 5.32. The van der Waals surface area contributed by atoms with E-state index in [-0.39, 0.29) is 0 Å². The summed E-state index contributed by atoms with van der Waals surface area (Å²) in [6.45, 7) is 4.26. The van der Waals surface area contributed by atoms with Crippen molar-refractivity contribution in [1.82, 2.24) is 5.32 Å². The van der Waals surface area contributed by atoms with Gasteiger partial charge in [-0.1, -0.05) is 32.6 Å². The summed E-state index contributed by atoms with van der Waals surface area (Å²) >= 11 is 0. The Morgan fingerprint density at radius 3 is 2.71 bits per heavy atom. The van der Waals surface area contributed by atoms with Crippen LogP contribution >= 0.6 is 0 Å². The van der Waals surface area contributed by atoms with Gasteiger partial charge in [-0.25, -0.2) is 4.79 Å². The Hall–Kier alpha value is -0.990. The summed E-state index contributed by atoms with van der Waals surface area (Å²) in [6.07, 6.45) is 8.76. The molecule has 0 aliphatic carbocycles. The van der Waals surface area contributed by atoms with E-state index in [1.165, 1.54) is 31.9 Å². The van der Waals surface area contributed by atoms with Gasteiger partial charge in [0, 0.05) is 18.3 Å². The average Bonchev–Trinajstić information content (AvgIpc) is 2.12. The molecule has 0 heterocycles. The van der Waals surface area contributed by atoms with E-state index in [1.807, 2.05) is 0 Å². The fraction of sp³-hybridized carbons (Fsp3) is 0.727. The summed E-state index contributed by atoms with van der Waals surface area (Å²) in [4.78, 5) is 10.2. The third-order valence-electron chi connectivity index (χ3n) is 2.10. The number of aliphatic carboxylic acids is 1. The molecule has 0 aromatic heterocycles. The van der Waals surface area contributed by atoms with Crippen LogP contribution in [0.25, 0.3) is 0 Å². The Balaban J connectivity index is 3.36. The van der Waals surface area contributed by atoms with Gasteiger partial charge in [0.15, 0.2) is 0 Å². The molecule has 0 spiro atoms. The van der Waals surface area contributed by atoms with E-state index >= 15 is 0 Å². The van der Waals surface area contributed by atoms with E-state index in [2.05, 4.69) is 19.2 Å². The zero-order valence-corrected chi connectivity index (χ0v) is 9.12. The highest BCUT2D eigenvalue weighted by atomic mass is 16.4. The number of hydrogen-bond acceptors (Lipinski definition) is 2. The Bertz CT molecular complexity index is 178. The van der Waals surface area contributed by atoms with Crippen molar-refractivity contribution in [3.63, 3.8) is 0 Å². The Morgan fingerprint density at radius 2 is 2.14 bits per heavy atom. The first-order valence-electron chi connectivity index (χ1n) is 5.32. The standard InChI is InChI=1S/C11H21NO2/c1-3-4-5-6-7-10(2)12-9-8-11(13)14/h8-10,12H,3-7H2,1-2H3,(H,13,14)/b9-8+. The monoisotopic (exact) mass is 199 g/mol. The number of rotatable bonds is 8. The van der Waals surface area contributed by atoms with E-state index in [0.29, 0.717) is 6.04 Å². The van der Waals surface area contributed by atoms with E-state index in [0.717, 1.165) is 12.5 Å². The predicted octanol–water partition coefficient (Wildman–Crippen LogP) is 2.53. The lowest BCUT2D eigenvalue weighted by Crippen LogP contribution is -2.20. The molecule has 0 radical (unpaired) electrons. The van der Waals surface area contributed by atoms with Crippen molar-refractivity contribution in [2.75, 3.05) is 0 Å². The van der Waals surface area contributed by atoms with Crippen LogP contribution in [0.15, 0.2) is 12.3 Å². The lowest BCUT2D eigenvalue weighted by Gasteiger charge is -2.10. The van der Waals surface area contributed by atoms with Gasteiger partial charge in [-0.15, -0.1) is 0 Å². The smallest absolute Gasteiger partial charge is 0.329 e. The maximum Gasteiger partial charge on any atom is 0.329 e. The lowest BCUT2D eigenvalue weighted by atomic mass is 10.1. The van der Waals surface area contributed by atoms with Gasteiger partial charge in [0.05, 0.1) is 0 Å². The van der Waals surface area contributed by atoms with Gasteiger partial charge in [-0.05, 0) is 13.3 Å². The molecule has 1 atom stereocenters. The number of carboxylic acids is 1. The van der Waals surface area contributed by atoms with Crippen LogP contribution in [0, 0.1) is 0 Å². The number of carbonyl (C=O) groups is 1. The molecule has 3 heteroatoms. The van der Waals surface area contributed by atoms with E-state index in [4.69, 9.17) is 5.11 Å². The summed E-state index contributed by atoms with van der Waals surface area (Å²) in [5.41, 5.74) is 0. The van der Waals surface area contributed by atoms with Gasteiger partial charge < -0.3 is 10.4 Å². The Labute approximate surface area is 86.2 Å². The third-order valence-corrected chi connectivity index (χ3v) is 2.10. The van der Waals surface area contributed by atoms with Gasteiger partial charge >= 0.3 is 5.97 Å². The minimum atomic E-state index is -0.907. The summed E-state index contributed by atoms with van der Waals surface area (Å²) in [5, 5.41) is 11.4. The molecule has 0 saturated carbocycles.